The highest BCUT2D eigenvalue weighted by atomic mass is 16.3. The first kappa shape index (κ1) is 17.7. The molecule has 1 saturated heterocycles. The Morgan fingerprint density at radius 3 is 2.68 bits per heavy atom. The molecule has 0 aromatic carbocycles. The first-order chi connectivity index (χ1) is 12.0. The highest BCUT2D eigenvalue weighted by molar-refractivity contribution is 5.93. The van der Waals surface area contributed by atoms with E-state index in [0.29, 0.717) is 12.2 Å². The largest absolute Gasteiger partial charge is 0.467 e. The first-order valence-corrected chi connectivity index (χ1v) is 8.91. The zero-order valence-electron chi connectivity index (χ0n) is 15.5. The van der Waals surface area contributed by atoms with Crippen LogP contribution in [-0.4, -0.2) is 56.9 Å². The van der Waals surface area contributed by atoms with Gasteiger partial charge in [-0.3, -0.25) is 4.79 Å². The van der Waals surface area contributed by atoms with Gasteiger partial charge in [0.1, 0.15) is 5.76 Å². The Bertz CT molecular complexity index is 699. The number of carbonyl (C=O) groups is 1. The molecule has 0 radical (unpaired) electrons. The average molecular weight is 345 g/mol. The molecule has 1 amide bonds. The fourth-order valence-electron chi connectivity index (χ4n) is 3.41. The summed E-state index contributed by atoms with van der Waals surface area (Å²) in [6.07, 6.45) is 3.56. The number of hydrogen-bond acceptors (Lipinski definition) is 5. The van der Waals surface area contributed by atoms with E-state index in [9.17, 15) is 4.79 Å². The lowest BCUT2D eigenvalue weighted by Crippen LogP contribution is -2.46. The molecule has 7 nitrogen and oxygen atoms in total. The lowest BCUT2D eigenvalue weighted by atomic mass is 10.0. The van der Waals surface area contributed by atoms with Crippen molar-refractivity contribution in [3.63, 3.8) is 0 Å². The van der Waals surface area contributed by atoms with Crippen molar-refractivity contribution in [2.75, 3.05) is 20.1 Å². The summed E-state index contributed by atoms with van der Waals surface area (Å²) in [7, 11) is 2.12. The van der Waals surface area contributed by atoms with Gasteiger partial charge in [0.25, 0.3) is 5.91 Å². The molecule has 1 aliphatic heterocycles. The van der Waals surface area contributed by atoms with E-state index >= 15 is 0 Å². The number of rotatable bonds is 5. The second kappa shape index (κ2) is 7.39. The van der Waals surface area contributed by atoms with Gasteiger partial charge in [0.05, 0.1) is 18.5 Å². The third-order valence-corrected chi connectivity index (χ3v) is 4.92. The van der Waals surface area contributed by atoms with E-state index in [1.807, 2.05) is 37.8 Å². The van der Waals surface area contributed by atoms with E-state index in [0.717, 1.165) is 37.4 Å². The summed E-state index contributed by atoms with van der Waals surface area (Å²) in [5, 5.41) is 8.34. The summed E-state index contributed by atoms with van der Waals surface area (Å²) in [6, 6.07) is 4.13. The van der Waals surface area contributed by atoms with Gasteiger partial charge in [-0.15, -0.1) is 5.10 Å². The van der Waals surface area contributed by atoms with Gasteiger partial charge >= 0.3 is 0 Å². The Balaban J connectivity index is 1.86. The number of hydrogen-bond donors (Lipinski definition) is 0. The van der Waals surface area contributed by atoms with Gasteiger partial charge in [0, 0.05) is 12.1 Å². The lowest BCUT2D eigenvalue weighted by molar-refractivity contribution is 0.0544. The lowest BCUT2D eigenvalue weighted by Gasteiger charge is -2.36. The minimum Gasteiger partial charge on any atom is -0.467 e. The van der Waals surface area contributed by atoms with Crippen molar-refractivity contribution in [2.45, 2.75) is 52.2 Å². The third-order valence-electron chi connectivity index (χ3n) is 4.92. The summed E-state index contributed by atoms with van der Waals surface area (Å²) in [6.45, 7) is 8.43. The van der Waals surface area contributed by atoms with Gasteiger partial charge in [-0.25, -0.2) is 4.68 Å². The van der Waals surface area contributed by atoms with Crippen LogP contribution >= 0.6 is 0 Å². The summed E-state index contributed by atoms with van der Waals surface area (Å²) in [5.41, 5.74) is 1.26. The maximum absolute atomic E-state index is 13.3. The van der Waals surface area contributed by atoms with Crippen LogP contribution in [0.15, 0.2) is 22.8 Å². The predicted octanol–water partition coefficient (Wildman–Crippen LogP) is 2.50. The molecular formula is C18H27N5O2. The van der Waals surface area contributed by atoms with E-state index in [2.05, 4.69) is 22.3 Å². The zero-order valence-corrected chi connectivity index (χ0v) is 15.5. The van der Waals surface area contributed by atoms with Gasteiger partial charge in [-0.2, -0.15) is 0 Å². The second-order valence-corrected chi connectivity index (χ2v) is 7.11. The molecule has 0 atom stereocenters. The normalized spacial score (nSPS) is 16.5. The van der Waals surface area contributed by atoms with Crippen molar-refractivity contribution < 1.29 is 9.21 Å². The van der Waals surface area contributed by atoms with Gasteiger partial charge in [-0.1, -0.05) is 5.21 Å². The van der Waals surface area contributed by atoms with E-state index in [1.165, 1.54) is 0 Å². The molecule has 3 heterocycles. The van der Waals surface area contributed by atoms with Crippen LogP contribution in [0.2, 0.25) is 0 Å². The Morgan fingerprint density at radius 1 is 1.40 bits per heavy atom. The van der Waals surface area contributed by atoms with E-state index < -0.39 is 0 Å². The van der Waals surface area contributed by atoms with Crippen LogP contribution < -0.4 is 0 Å². The number of nitrogens with zero attached hydrogens (tertiary/aromatic N) is 5. The SMILES string of the molecule is Cc1c(C(=O)N(Cc2ccco2)C2CCN(C)CC2)nnn1C(C)C. The second-order valence-electron chi connectivity index (χ2n) is 7.11. The Kier molecular flexibility index (Phi) is 5.22. The van der Waals surface area contributed by atoms with Crippen molar-refractivity contribution in [3.05, 3.63) is 35.5 Å². The van der Waals surface area contributed by atoms with E-state index in [-0.39, 0.29) is 18.0 Å². The average Bonchev–Trinajstić information content (AvgIpc) is 3.22. The molecule has 2 aromatic heterocycles. The van der Waals surface area contributed by atoms with Crippen LogP contribution in [0.5, 0.6) is 0 Å². The number of carbonyl (C=O) groups excluding carboxylic acids is 1. The van der Waals surface area contributed by atoms with Gasteiger partial charge in [0.15, 0.2) is 5.69 Å². The van der Waals surface area contributed by atoms with Gasteiger partial charge in [0.2, 0.25) is 0 Å². The Hall–Kier alpha value is -2.15. The highest BCUT2D eigenvalue weighted by Gasteiger charge is 2.31. The molecule has 1 aliphatic rings. The highest BCUT2D eigenvalue weighted by Crippen LogP contribution is 2.22. The van der Waals surface area contributed by atoms with Crippen LogP contribution in [0, 0.1) is 6.92 Å². The summed E-state index contributed by atoms with van der Waals surface area (Å²) in [5.74, 6) is 0.733. The molecular weight excluding hydrogens is 318 g/mol. The smallest absolute Gasteiger partial charge is 0.276 e. The fourth-order valence-corrected chi connectivity index (χ4v) is 3.41. The van der Waals surface area contributed by atoms with Crippen molar-refractivity contribution in [1.82, 2.24) is 24.8 Å². The minimum atomic E-state index is -0.0599. The maximum Gasteiger partial charge on any atom is 0.276 e. The number of aromatic nitrogens is 3. The van der Waals surface area contributed by atoms with Crippen LogP contribution in [0.25, 0.3) is 0 Å². The van der Waals surface area contributed by atoms with Gasteiger partial charge in [-0.05, 0) is 65.9 Å². The molecule has 0 N–H and O–H groups in total. The molecule has 25 heavy (non-hydrogen) atoms. The number of likely N-dealkylation sites (tertiary alicyclic amines) is 1. The molecule has 1 fully saturated rings. The minimum absolute atomic E-state index is 0.0599. The predicted molar refractivity (Wildman–Crippen MR) is 94.2 cm³/mol. The number of amides is 1. The van der Waals surface area contributed by atoms with Crippen LogP contribution in [0.1, 0.15) is 54.7 Å². The molecule has 2 aromatic rings. The molecule has 7 heteroatoms. The fraction of sp³-hybridized carbons (Fsp3) is 0.611. The first-order valence-electron chi connectivity index (χ1n) is 8.91. The molecule has 136 valence electrons. The van der Waals surface area contributed by atoms with E-state index in [1.54, 1.807) is 10.9 Å². The van der Waals surface area contributed by atoms with Gasteiger partial charge < -0.3 is 14.2 Å². The standard InChI is InChI=1S/C18H27N5O2/c1-13(2)23-14(3)17(19-20-23)18(24)22(12-16-6-5-11-25-16)15-7-9-21(4)10-8-15/h5-6,11,13,15H,7-10,12H2,1-4H3. The molecule has 0 aliphatic carbocycles. The van der Waals surface area contributed by atoms with Crippen LogP contribution in [0.3, 0.4) is 0 Å². The number of piperidine rings is 1. The molecule has 0 saturated carbocycles. The summed E-state index contributed by atoms with van der Waals surface area (Å²) >= 11 is 0. The third kappa shape index (κ3) is 3.76. The quantitative estimate of drug-likeness (QED) is 0.833. The van der Waals surface area contributed by atoms with Crippen molar-refractivity contribution >= 4 is 5.91 Å². The number of furan rings is 1. The topological polar surface area (TPSA) is 67.4 Å². The summed E-state index contributed by atoms with van der Waals surface area (Å²) < 4.78 is 7.29. The van der Waals surface area contributed by atoms with Crippen molar-refractivity contribution in [1.29, 1.82) is 0 Å². The molecule has 0 spiro atoms. The molecule has 3 rings (SSSR count). The summed E-state index contributed by atoms with van der Waals surface area (Å²) in [4.78, 5) is 17.5. The zero-order chi connectivity index (χ0) is 18.0. The van der Waals surface area contributed by atoms with Crippen LogP contribution in [-0.2, 0) is 6.54 Å². The van der Waals surface area contributed by atoms with Crippen molar-refractivity contribution in [2.24, 2.45) is 0 Å². The molecule has 0 bridgehead atoms. The Labute approximate surface area is 148 Å². The van der Waals surface area contributed by atoms with Crippen LogP contribution in [0.4, 0.5) is 0 Å². The van der Waals surface area contributed by atoms with Crippen molar-refractivity contribution in [3.8, 4) is 0 Å². The Morgan fingerprint density at radius 2 is 2.12 bits per heavy atom. The van der Waals surface area contributed by atoms with E-state index in [4.69, 9.17) is 4.42 Å². The molecule has 0 unspecified atom stereocenters. The monoisotopic (exact) mass is 345 g/mol. The maximum atomic E-state index is 13.3.